The van der Waals surface area contributed by atoms with Gasteiger partial charge in [0.25, 0.3) is 0 Å². The first-order chi connectivity index (χ1) is 10.0. The fourth-order valence-corrected chi connectivity index (χ4v) is 2.55. The first-order valence-electron chi connectivity index (χ1n) is 7.29. The SMILES string of the molecule is CCNC(C)c1ccccc1Oc1cc(C)c(Cl)c(C)c1. The lowest BCUT2D eigenvalue weighted by atomic mass is 10.1. The Bertz CT molecular complexity index is 601. The van der Waals surface area contributed by atoms with Crippen LogP contribution in [-0.4, -0.2) is 6.54 Å². The van der Waals surface area contributed by atoms with E-state index in [4.69, 9.17) is 16.3 Å². The summed E-state index contributed by atoms with van der Waals surface area (Å²) in [6, 6.07) is 12.3. The Hall–Kier alpha value is -1.51. The van der Waals surface area contributed by atoms with Crippen LogP contribution in [0.15, 0.2) is 36.4 Å². The summed E-state index contributed by atoms with van der Waals surface area (Å²) in [7, 11) is 0. The summed E-state index contributed by atoms with van der Waals surface area (Å²) < 4.78 is 6.09. The zero-order valence-corrected chi connectivity index (χ0v) is 13.8. The molecule has 0 saturated carbocycles. The molecule has 0 radical (unpaired) electrons. The predicted octanol–water partition coefficient (Wildman–Crippen LogP) is 5.42. The van der Waals surface area contributed by atoms with Crippen LogP contribution in [0.5, 0.6) is 11.5 Å². The van der Waals surface area contributed by atoms with Gasteiger partial charge in [-0.3, -0.25) is 0 Å². The normalized spacial score (nSPS) is 12.2. The van der Waals surface area contributed by atoms with Crippen LogP contribution < -0.4 is 10.1 Å². The van der Waals surface area contributed by atoms with Crippen molar-refractivity contribution >= 4 is 11.6 Å². The molecule has 0 bridgehead atoms. The van der Waals surface area contributed by atoms with Crippen molar-refractivity contribution in [1.82, 2.24) is 5.32 Å². The zero-order chi connectivity index (χ0) is 15.4. The Kier molecular flexibility index (Phi) is 5.27. The lowest BCUT2D eigenvalue weighted by molar-refractivity contribution is 0.462. The summed E-state index contributed by atoms with van der Waals surface area (Å²) in [5.41, 5.74) is 3.22. The topological polar surface area (TPSA) is 21.3 Å². The number of ether oxygens (including phenoxy) is 1. The molecule has 112 valence electrons. The largest absolute Gasteiger partial charge is 0.457 e. The molecule has 3 heteroatoms. The van der Waals surface area contributed by atoms with Crippen molar-refractivity contribution in [3.05, 3.63) is 58.1 Å². The smallest absolute Gasteiger partial charge is 0.132 e. The van der Waals surface area contributed by atoms with Gasteiger partial charge in [0, 0.05) is 16.6 Å². The third-order valence-corrected chi connectivity index (χ3v) is 4.13. The summed E-state index contributed by atoms with van der Waals surface area (Å²) in [4.78, 5) is 0. The Balaban J connectivity index is 2.32. The quantitative estimate of drug-likeness (QED) is 0.796. The maximum absolute atomic E-state index is 6.21. The molecule has 1 N–H and O–H groups in total. The molecule has 0 aliphatic carbocycles. The van der Waals surface area contributed by atoms with E-state index in [9.17, 15) is 0 Å². The van der Waals surface area contributed by atoms with Crippen molar-refractivity contribution in [2.75, 3.05) is 6.54 Å². The third kappa shape index (κ3) is 3.78. The number of aryl methyl sites for hydroxylation is 2. The summed E-state index contributed by atoms with van der Waals surface area (Å²) in [5.74, 6) is 1.71. The van der Waals surface area contributed by atoms with E-state index in [1.165, 1.54) is 0 Å². The Labute approximate surface area is 132 Å². The van der Waals surface area contributed by atoms with Crippen LogP contribution in [0.3, 0.4) is 0 Å². The highest BCUT2D eigenvalue weighted by molar-refractivity contribution is 6.32. The number of benzene rings is 2. The fourth-order valence-electron chi connectivity index (χ4n) is 2.44. The Morgan fingerprint density at radius 2 is 1.76 bits per heavy atom. The number of nitrogens with one attached hydrogen (secondary N) is 1. The first-order valence-corrected chi connectivity index (χ1v) is 7.67. The molecule has 0 saturated heterocycles. The molecule has 21 heavy (non-hydrogen) atoms. The van der Waals surface area contributed by atoms with Gasteiger partial charge in [-0.1, -0.05) is 36.7 Å². The fraction of sp³-hybridized carbons (Fsp3) is 0.333. The van der Waals surface area contributed by atoms with Gasteiger partial charge in [0.05, 0.1) is 0 Å². The van der Waals surface area contributed by atoms with Crippen molar-refractivity contribution in [3.63, 3.8) is 0 Å². The molecule has 2 nitrogen and oxygen atoms in total. The summed E-state index contributed by atoms with van der Waals surface area (Å²) in [6.07, 6.45) is 0. The van der Waals surface area contributed by atoms with Crippen molar-refractivity contribution in [2.24, 2.45) is 0 Å². The van der Waals surface area contributed by atoms with E-state index < -0.39 is 0 Å². The van der Waals surface area contributed by atoms with Gasteiger partial charge in [-0.25, -0.2) is 0 Å². The molecule has 2 aromatic carbocycles. The van der Waals surface area contributed by atoms with Crippen LogP contribution in [-0.2, 0) is 0 Å². The maximum atomic E-state index is 6.21. The Morgan fingerprint density at radius 1 is 1.14 bits per heavy atom. The standard InChI is InChI=1S/C18H22ClNO/c1-5-20-14(4)16-8-6-7-9-17(16)21-15-10-12(2)18(19)13(3)11-15/h6-11,14,20H,5H2,1-4H3. The van der Waals surface area contributed by atoms with Crippen LogP contribution in [0.2, 0.25) is 5.02 Å². The number of hydrogen-bond acceptors (Lipinski definition) is 2. The van der Waals surface area contributed by atoms with Crippen LogP contribution in [0, 0.1) is 13.8 Å². The van der Waals surface area contributed by atoms with Crippen LogP contribution >= 0.6 is 11.6 Å². The molecule has 1 atom stereocenters. The van der Waals surface area contributed by atoms with Crippen LogP contribution in [0.1, 0.15) is 36.6 Å². The lowest BCUT2D eigenvalue weighted by Crippen LogP contribution is -2.18. The van der Waals surface area contributed by atoms with Gasteiger partial charge in [-0.05, 0) is 56.6 Å². The Morgan fingerprint density at radius 3 is 2.38 bits per heavy atom. The van der Waals surface area contributed by atoms with Crippen molar-refractivity contribution in [3.8, 4) is 11.5 Å². The molecule has 0 heterocycles. The third-order valence-electron chi connectivity index (χ3n) is 3.53. The molecule has 0 spiro atoms. The van der Waals surface area contributed by atoms with Gasteiger partial charge in [-0.15, -0.1) is 0 Å². The minimum absolute atomic E-state index is 0.251. The van der Waals surface area contributed by atoms with E-state index in [1.807, 2.05) is 44.2 Å². The van der Waals surface area contributed by atoms with E-state index in [0.29, 0.717) is 0 Å². The number of halogens is 1. The van der Waals surface area contributed by atoms with Gasteiger partial charge in [-0.2, -0.15) is 0 Å². The van der Waals surface area contributed by atoms with Crippen molar-refractivity contribution in [1.29, 1.82) is 0 Å². The van der Waals surface area contributed by atoms with E-state index in [0.717, 1.165) is 39.8 Å². The number of para-hydroxylation sites is 1. The predicted molar refractivity (Wildman–Crippen MR) is 89.5 cm³/mol. The minimum atomic E-state index is 0.251. The second kappa shape index (κ2) is 6.97. The van der Waals surface area contributed by atoms with Crippen molar-refractivity contribution in [2.45, 2.75) is 33.7 Å². The molecule has 0 aliphatic rings. The van der Waals surface area contributed by atoms with Gasteiger partial charge in [0.2, 0.25) is 0 Å². The zero-order valence-electron chi connectivity index (χ0n) is 13.0. The second-order valence-electron chi connectivity index (χ2n) is 5.29. The minimum Gasteiger partial charge on any atom is -0.457 e. The van der Waals surface area contributed by atoms with Gasteiger partial charge in [0.1, 0.15) is 11.5 Å². The molecule has 0 aliphatic heterocycles. The van der Waals surface area contributed by atoms with Gasteiger partial charge in [0.15, 0.2) is 0 Å². The monoisotopic (exact) mass is 303 g/mol. The molecule has 0 aromatic heterocycles. The van der Waals surface area contributed by atoms with Crippen LogP contribution in [0.25, 0.3) is 0 Å². The van der Waals surface area contributed by atoms with Crippen molar-refractivity contribution < 1.29 is 4.74 Å². The summed E-state index contributed by atoms with van der Waals surface area (Å²) in [5, 5.41) is 4.22. The average Bonchev–Trinajstić information content (AvgIpc) is 2.45. The lowest BCUT2D eigenvalue weighted by Gasteiger charge is -2.18. The first kappa shape index (κ1) is 15.9. The van der Waals surface area contributed by atoms with E-state index in [-0.39, 0.29) is 6.04 Å². The molecule has 2 aromatic rings. The van der Waals surface area contributed by atoms with Gasteiger partial charge >= 0.3 is 0 Å². The van der Waals surface area contributed by atoms with Gasteiger partial charge < -0.3 is 10.1 Å². The summed E-state index contributed by atoms with van der Waals surface area (Å²) >= 11 is 6.21. The van der Waals surface area contributed by atoms with Crippen LogP contribution in [0.4, 0.5) is 0 Å². The highest BCUT2D eigenvalue weighted by atomic mass is 35.5. The second-order valence-corrected chi connectivity index (χ2v) is 5.67. The number of hydrogen-bond donors (Lipinski definition) is 1. The van der Waals surface area contributed by atoms with E-state index >= 15 is 0 Å². The molecule has 0 amide bonds. The molecular formula is C18H22ClNO. The maximum Gasteiger partial charge on any atom is 0.132 e. The molecular weight excluding hydrogens is 282 g/mol. The highest BCUT2D eigenvalue weighted by Crippen LogP contribution is 2.32. The number of rotatable bonds is 5. The van der Waals surface area contributed by atoms with E-state index in [2.05, 4.69) is 25.2 Å². The molecule has 0 fully saturated rings. The molecule has 2 rings (SSSR count). The summed E-state index contributed by atoms with van der Waals surface area (Å²) in [6.45, 7) is 9.16. The highest BCUT2D eigenvalue weighted by Gasteiger charge is 2.12. The average molecular weight is 304 g/mol. The van der Waals surface area contributed by atoms with E-state index in [1.54, 1.807) is 0 Å². The molecule has 1 unspecified atom stereocenters.